The standard InChI is InChI=1S/C18H17FN2O3S2/c19-14-7-1-4-10-17(14)26(22,23)21(12-13-6-5-11-24-13)18-20-15-8-2-3-9-16(15)25-18/h1-4,7-10,13H,5-6,11-12H2/t13-/m1/s1. The second-order valence-electron chi connectivity index (χ2n) is 6.07. The molecule has 0 N–H and O–H groups in total. The summed E-state index contributed by atoms with van der Waals surface area (Å²) in [5.41, 5.74) is 0.716. The van der Waals surface area contributed by atoms with Gasteiger partial charge in [-0.2, -0.15) is 0 Å². The van der Waals surface area contributed by atoms with E-state index in [2.05, 4.69) is 4.98 Å². The van der Waals surface area contributed by atoms with Crippen molar-refractivity contribution in [2.24, 2.45) is 0 Å². The quantitative estimate of drug-likeness (QED) is 0.663. The highest BCUT2D eigenvalue weighted by atomic mass is 32.2. The van der Waals surface area contributed by atoms with Crippen molar-refractivity contribution in [3.8, 4) is 0 Å². The summed E-state index contributed by atoms with van der Waals surface area (Å²) in [5, 5.41) is 0.324. The number of anilines is 1. The van der Waals surface area contributed by atoms with Crippen LogP contribution < -0.4 is 4.31 Å². The molecule has 1 fully saturated rings. The van der Waals surface area contributed by atoms with Crippen molar-refractivity contribution < 1.29 is 17.5 Å². The molecule has 136 valence electrons. The molecular weight excluding hydrogens is 375 g/mol. The maximum Gasteiger partial charge on any atom is 0.269 e. The molecule has 2 heterocycles. The Balaban J connectivity index is 1.80. The fraction of sp³-hybridized carbons (Fsp3) is 0.278. The van der Waals surface area contributed by atoms with Gasteiger partial charge in [0.05, 0.1) is 22.9 Å². The molecule has 0 amide bonds. The average Bonchev–Trinajstić information content (AvgIpc) is 3.28. The number of nitrogens with zero attached hydrogens (tertiary/aromatic N) is 2. The van der Waals surface area contributed by atoms with Crippen LogP contribution in [0, 0.1) is 5.82 Å². The van der Waals surface area contributed by atoms with E-state index in [9.17, 15) is 12.8 Å². The highest BCUT2D eigenvalue weighted by molar-refractivity contribution is 7.93. The van der Waals surface area contributed by atoms with Gasteiger partial charge in [-0.25, -0.2) is 22.1 Å². The Labute approximate surface area is 155 Å². The fourth-order valence-corrected chi connectivity index (χ4v) is 5.69. The minimum absolute atomic E-state index is 0.122. The SMILES string of the molecule is O=S(=O)(c1ccccc1F)N(C[C@H]1CCCO1)c1nc2ccccc2s1. The van der Waals surface area contributed by atoms with Gasteiger partial charge in [0.25, 0.3) is 10.0 Å². The van der Waals surface area contributed by atoms with E-state index < -0.39 is 15.8 Å². The summed E-state index contributed by atoms with van der Waals surface area (Å²) in [4.78, 5) is 4.11. The molecule has 0 saturated carbocycles. The lowest BCUT2D eigenvalue weighted by molar-refractivity contribution is 0.118. The largest absolute Gasteiger partial charge is 0.376 e. The first-order valence-electron chi connectivity index (χ1n) is 8.30. The third-order valence-electron chi connectivity index (χ3n) is 4.29. The number of para-hydroxylation sites is 1. The molecule has 0 spiro atoms. The number of fused-ring (bicyclic) bond motifs is 1. The molecular formula is C18H17FN2O3S2. The van der Waals surface area contributed by atoms with Gasteiger partial charge in [0.1, 0.15) is 10.7 Å². The fourth-order valence-electron chi connectivity index (χ4n) is 2.99. The predicted octanol–water partition coefficient (Wildman–Crippen LogP) is 3.81. The van der Waals surface area contributed by atoms with Crippen LogP contribution in [0.2, 0.25) is 0 Å². The maximum absolute atomic E-state index is 14.2. The summed E-state index contributed by atoms with van der Waals surface area (Å²) in [7, 11) is -4.09. The van der Waals surface area contributed by atoms with Gasteiger partial charge >= 0.3 is 0 Å². The Bertz CT molecular complexity index is 997. The molecule has 1 aromatic heterocycles. The molecule has 4 rings (SSSR count). The third-order valence-corrected chi connectivity index (χ3v) is 7.26. The smallest absolute Gasteiger partial charge is 0.269 e. The Morgan fingerprint density at radius 1 is 1.19 bits per heavy atom. The van der Waals surface area contributed by atoms with E-state index >= 15 is 0 Å². The van der Waals surface area contributed by atoms with Crippen molar-refractivity contribution in [2.75, 3.05) is 17.5 Å². The summed E-state index contributed by atoms with van der Waals surface area (Å²) >= 11 is 1.27. The molecule has 26 heavy (non-hydrogen) atoms. The van der Waals surface area contributed by atoms with E-state index in [1.165, 1.54) is 33.8 Å². The van der Waals surface area contributed by atoms with Gasteiger partial charge in [0, 0.05) is 6.61 Å². The lowest BCUT2D eigenvalue weighted by atomic mass is 10.2. The Morgan fingerprint density at radius 3 is 2.69 bits per heavy atom. The minimum atomic E-state index is -4.09. The van der Waals surface area contributed by atoms with Gasteiger partial charge in [-0.15, -0.1) is 0 Å². The van der Waals surface area contributed by atoms with Gasteiger partial charge in [-0.05, 0) is 37.1 Å². The highest BCUT2D eigenvalue weighted by Gasteiger charge is 2.33. The lowest BCUT2D eigenvalue weighted by Crippen LogP contribution is -2.37. The molecule has 1 aliphatic heterocycles. The second-order valence-corrected chi connectivity index (χ2v) is 8.91. The summed E-state index contributed by atoms with van der Waals surface area (Å²) in [5.74, 6) is -0.772. The van der Waals surface area contributed by atoms with E-state index in [0.29, 0.717) is 17.3 Å². The van der Waals surface area contributed by atoms with Crippen LogP contribution in [0.1, 0.15) is 12.8 Å². The van der Waals surface area contributed by atoms with Crippen LogP contribution in [0.15, 0.2) is 53.4 Å². The summed E-state index contributed by atoms with van der Waals surface area (Å²) < 4.78 is 48.3. The maximum atomic E-state index is 14.2. The van der Waals surface area contributed by atoms with Gasteiger partial charge in [-0.3, -0.25) is 0 Å². The second kappa shape index (κ2) is 6.94. The van der Waals surface area contributed by atoms with E-state index in [-0.39, 0.29) is 17.5 Å². The molecule has 0 bridgehead atoms. The van der Waals surface area contributed by atoms with Crippen molar-refractivity contribution in [3.05, 3.63) is 54.3 Å². The minimum Gasteiger partial charge on any atom is -0.376 e. The van der Waals surface area contributed by atoms with E-state index in [4.69, 9.17) is 4.74 Å². The van der Waals surface area contributed by atoms with Crippen molar-refractivity contribution in [1.82, 2.24) is 4.98 Å². The summed E-state index contributed by atoms with van der Waals surface area (Å²) in [6.07, 6.45) is 1.44. The van der Waals surface area contributed by atoms with Crippen LogP contribution in [-0.4, -0.2) is 32.7 Å². The zero-order valence-corrected chi connectivity index (χ0v) is 15.5. The first-order valence-corrected chi connectivity index (χ1v) is 10.6. The van der Waals surface area contributed by atoms with Crippen LogP contribution in [0.3, 0.4) is 0 Å². The number of hydrogen-bond donors (Lipinski definition) is 0. The van der Waals surface area contributed by atoms with Crippen molar-refractivity contribution >= 4 is 36.7 Å². The lowest BCUT2D eigenvalue weighted by Gasteiger charge is -2.24. The van der Waals surface area contributed by atoms with Crippen molar-refractivity contribution in [2.45, 2.75) is 23.8 Å². The third kappa shape index (κ3) is 3.20. The van der Waals surface area contributed by atoms with Crippen molar-refractivity contribution in [3.63, 3.8) is 0 Å². The normalized spacial score (nSPS) is 17.7. The van der Waals surface area contributed by atoms with Gasteiger partial charge in [-0.1, -0.05) is 35.6 Å². The summed E-state index contributed by atoms with van der Waals surface area (Å²) in [6, 6.07) is 12.8. The van der Waals surface area contributed by atoms with E-state index in [1.54, 1.807) is 0 Å². The molecule has 0 unspecified atom stereocenters. The van der Waals surface area contributed by atoms with Gasteiger partial charge in [0.15, 0.2) is 0 Å². The van der Waals surface area contributed by atoms with Crippen LogP contribution in [0.25, 0.3) is 10.2 Å². The number of ether oxygens (including phenoxy) is 1. The topological polar surface area (TPSA) is 59.5 Å². The molecule has 3 aromatic rings. The van der Waals surface area contributed by atoms with Crippen LogP contribution in [0.4, 0.5) is 9.52 Å². The number of rotatable bonds is 5. The monoisotopic (exact) mass is 392 g/mol. The van der Waals surface area contributed by atoms with Gasteiger partial charge in [0.2, 0.25) is 5.13 Å². The first-order chi connectivity index (χ1) is 12.6. The van der Waals surface area contributed by atoms with E-state index in [0.717, 1.165) is 23.6 Å². The Morgan fingerprint density at radius 2 is 1.96 bits per heavy atom. The number of sulfonamides is 1. The molecule has 1 atom stereocenters. The molecule has 0 radical (unpaired) electrons. The zero-order valence-electron chi connectivity index (χ0n) is 13.8. The number of halogens is 1. The first kappa shape index (κ1) is 17.4. The number of benzene rings is 2. The zero-order chi connectivity index (χ0) is 18.1. The molecule has 1 saturated heterocycles. The van der Waals surface area contributed by atoms with Crippen molar-refractivity contribution in [1.29, 1.82) is 0 Å². The van der Waals surface area contributed by atoms with Crippen LogP contribution >= 0.6 is 11.3 Å². The Hall–Kier alpha value is -2.03. The average molecular weight is 392 g/mol. The van der Waals surface area contributed by atoms with Gasteiger partial charge < -0.3 is 4.74 Å². The Kier molecular flexibility index (Phi) is 4.64. The highest BCUT2D eigenvalue weighted by Crippen LogP contribution is 2.33. The molecule has 1 aliphatic rings. The van der Waals surface area contributed by atoms with E-state index in [1.807, 2.05) is 24.3 Å². The molecule has 0 aliphatic carbocycles. The summed E-state index contributed by atoms with van der Waals surface area (Å²) in [6.45, 7) is 0.731. The molecule has 2 aromatic carbocycles. The molecule has 8 heteroatoms. The predicted molar refractivity (Wildman–Crippen MR) is 99.5 cm³/mol. The molecule has 5 nitrogen and oxygen atoms in total. The number of aromatic nitrogens is 1. The van der Waals surface area contributed by atoms with Crippen LogP contribution in [-0.2, 0) is 14.8 Å². The van der Waals surface area contributed by atoms with Crippen LogP contribution in [0.5, 0.6) is 0 Å². The number of hydrogen-bond acceptors (Lipinski definition) is 5. The number of thiazole rings is 1.